The van der Waals surface area contributed by atoms with Crippen LogP contribution in [0.2, 0.25) is 5.02 Å². The van der Waals surface area contributed by atoms with E-state index in [0.29, 0.717) is 5.56 Å². The first-order chi connectivity index (χ1) is 9.33. The molecule has 108 valence electrons. The second-order valence-corrected chi connectivity index (χ2v) is 4.18. The summed E-state index contributed by atoms with van der Waals surface area (Å²) in [6, 6.07) is 4.02. The van der Waals surface area contributed by atoms with Crippen LogP contribution in [0.3, 0.4) is 0 Å². The molecule has 0 aliphatic heterocycles. The highest BCUT2D eigenvalue weighted by molar-refractivity contribution is 6.32. The SMILES string of the molecule is O=C(NCC(F)(F)F)c1ccc(C#CCCO)c(Cl)c1. The quantitative estimate of drug-likeness (QED) is 0.842. The number of benzene rings is 1. The Labute approximate surface area is 118 Å². The average Bonchev–Trinajstić information content (AvgIpc) is 2.37. The van der Waals surface area contributed by atoms with E-state index in [2.05, 4.69) is 11.8 Å². The maximum Gasteiger partial charge on any atom is 0.405 e. The minimum absolute atomic E-state index is 0.0203. The number of carbonyl (C=O) groups is 1. The lowest BCUT2D eigenvalue weighted by atomic mass is 10.1. The zero-order chi connectivity index (χ0) is 15.2. The zero-order valence-corrected chi connectivity index (χ0v) is 11.0. The third-order valence-corrected chi connectivity index (χ3v) is 2.45. The third kappa shape index (κ3) is 5.51. The van der Waals surface area contributed by atoms with E-state index in [-0.39, 0.29) is 23.6 Å². The molecular formula is C13H11ClF3NO2. The predicted molar refractivity (Wildman–Crippen MR) is 68.4 cm³/mol. The van der Waals surface area contributed by atoms with Crippen molar-refractivity contribution in [3.63, 3.8) is 0 Å². The molecule has 1 amide bonds. The summed E-state index contributed by atoms with van der Waals surface area (Å²) in [4.78, 5) is 11.5. The number of nitrogens with one attached hydrogen (secondary N) is 1. The third-order valence-electron chi connectivity index (χ3n) is 2.14. The van der Waals surface area contributed by atoms with Gasteiger partial charge < -0.3 is 10.4 Å². The van der Waals surface area contributed by atoms with E-state index < -0.39 is 18.6 Å². The Bertz CT molecular complexity index is 547. The Kier molecular flexibility index (Phi) is 5.86. The van der Waals surface area contributed by atoms with E-state index in [0.717, 1.165) is 0 Å². The summed E-state index contributed by atoms with van der Waals surface area (Å²) < 4.78 is 35.9. The van der Waals surface area contributed by atoms with Crippen LogP contribution in [0.5, 0.6) is 0 Å². The molecule has 2 N–H and O–H groups in total. The number of rotatable bonds is 3. The van der Waals surface area contributed by atoms with Crippen molar-refractivity contribution in [3.05, 3.63) is 34.3 Å². The molecule has 7 heteroatoms. The van der Waals surface area contributed by atoms with Crippen LogP contribution in [0.25, 0.3) is 0 Å². The van der Waals surface area contributed by atoms with Crippen LogP contribution in [0.4, 0.5) is 13.2 Å². The summed E-state index contributed by atoms with van der Waals surface area (Å²) in [5, 5.41) is 10.5. The molecule has 0 bridgehead atoms. The molecule has 0 aromatic heterocycles. The fourth-order valence-electron chi connectivity index (χ4n) is 1.25. The van der Waals surface area contributed by atoms with E-state index in [1.807, 2.05) is 0 Å². The lowest BCUT2D eigenvalue weighted by molar-refractivity contribution is -0.123. The fraction of sp³-hybridized carbons (Fsp3) is 0.308. The lowest BCUT2D eigenvalue weighted by Gasteiger charge is -2.08. The molecule has 0 saturated heterocycles. The van der Waals surface area contributed by atoms with Gasteiger partial charge in [0, 0.05) is 17.5 Å². The Hall–Kier alpha value is -1.71. The largest absolute Gasteiger partial charge is 0.405 e. The molecule has 0 saturated carbocycles. The summed E-state index contributed by atoms with van der Waals surface area (Å²) in [6.07, 6.45) is -4.18. The van der Waals surface area contributed by atoms with Crippen molar-refractivity contribution in [2.45, 2.75) is 12.6 Å². The number of hydrogen-bond donors (Lipinski definition) is 2. The average molecular weight is 306 g/mol. The first-order valence-corrected chi connectivity index (χ1v) is 5.95. The predicted octanol–water partition coefficient (Wildman–Crippen LogP) is 2.37. The minimum atomic E-state index is -4.46. The Morgan fingerprint density at radius 3 is 2.65 bits per heavy atom. The van der Waals surface area contributed by atoms with Crippen LogP contribution >= 0.6 is 11.6 Å². The molecule has 1 aromatic rings. The molecular weight excluding hydrogens is 295 g/mol. The fourth-order valence-corrected chi connectivity index (χ4v) is 1.48. The van der Waals surface area contributed by atoms with Crippen LogP contribution in [0, 0.1) is 11.8 Å². The maximum atomic E-state index is 12.0. The van der Waals surface area contributed by atoms with Gasteiger partial charge in [0.15, 0.2) is 0 Å². The smallest absolute Gasteiger partial charge is 0.395 e. The van der Waals surface area contributed by atoms with Gasteiger partial charge in [0.1, 0.15) is 6.54 Å². The highest BCUT2D eigenvalue weighted by Crippen LogP contribution is 2.18. The van der Waals surface area contributed by atoms with Crippen molar-refractivity contribution in [2.24, 2.45) is 0 Å². The molecule has 0 aliphatic carbocycles. The minimum Gasteiger partial charge on any atom is -0.395 e. The molecule has 1 rings (SSSR count). The van der Waals surface area contributed by atoms with Crippen molar-refractivity contribution >= 4 is 17.5 Å². The van der Waals surface area contributed by atoms with Gasteiger partial charge in [0.2, 0.25) is 0 Å². The van der Waals surface area contributed by atoms with Gasteiger partial charge in [-0.3, -0.25) is 4.79 Å². The Balaban J connectivity index is 2.77. The molecule has 0 radical (unpaired) electrons. The van der Waals surface area contributed by atoms with Crippen LogP contribution in [-0.4, -0.2) is 30.3 Å². The lowest BCUT2D eigenvalue weighted by Crippen LogP contribution is -2.33. The van der Waals surface area contributed by atoms with Gasteiger partial charge in [0.05, 0.1) is 11.6 Å². The van der Waals surface area contributed by atoms with Crippen LogP contribution in [-0.2, 0) is 0 Å². The summed E-state index contributed by atoms with van der Waals surface area (Å²) in [5.74, 6) is 4.47. The molecule has 20 heavy (non-hydrogen) atoms. The van der Waals surface area contributed by atoms with E-state index in [4.69, 9.17) is 16.7 Å². The molecule has 0 spiro atoms. The van der Waals surface area contributed by atoms with Crippen molar-refractivity contribution in [1.29, 1.82) is 0 Å². The van der Waals surface area contributed by atoms with Crippen LogP contribution < -0.4 is 5.32 Å². The number of hydrogen-bond acceptors (Lipinski definition) is 2. The van der Waals surface area contributed by atoms with Crippen molar-refractivity contribution in [1.82, 2.24) is 5.32 Å². The first kappa shape index (κ1) is 16.3. The van der Waals surface area contributed by atoms with Crippen molar-refractivity contribution in [3.8, 4) is 11.8 Å². The number of alkyl halides is 3. The van der Waals surface area contributed by atoms with Gasteiger partial charge in [-0.15, -0.1) is 0 Å². The number of aliphatic hydroxyl groups excluding tert-OH is 1. The monoisotopic (exact) mass is 305 g/mol. The van der Waals surface area contributed by atoms with E-state index >= 15 is 0 Å². The van der Waals surface area contributed by atoms with Crippen LogP contribution in [0.15, 0.2) is 18.2 Å². The summed E-state index contributed by atoms with van der Waals surface area (Å²) >= 11 is 5.88. The molecule has 3 nitrogen and oxygen atoms in total. The van der Waals surface area contributed by atoms with Gasteiger partial charge in [-0.1, -0.05) is 23.4 Å². The highest BCUT2D eigenvalue weighted by Gasteiger charge is 2.27. The van der Waals surface area contributed by atoms with E-state index in [1.54, 1.807) is 5.32 Å². The van der Waals surface area contributed by atoms with Crippen molar-refractivity contribution in [2.75, 3.05) is 13.2 Å². The summed E-state index contributed by atoms with van der Waals surface area (Å²) in [7, 11) is 0. The summed E-state index contributed by atoms with van der Waals surface area (Å²) in [6.45, 7) is -1.48. The van der Waals surface area contributed by atoms with Crippen molar-refractivity contribution < 1.29 is 23.1 Å². The molecule has 0 fully saturated rings. The van der Waals surface area contributed by atoms with Crippen LogP contribution in [0.1, 0.15) is 22.3 Å². The topological polar surface area (TPSA) is 49.3 Å². The van der Waals surface area contributed by atoms with Gasteiger partial charge >= 0.3 is 6.18 Å². The standard InChI is InChI=1S/C13H11ClF3NO2/c14-11-7-10(12(20)18-8-13(15,16)17)5-4-9(11)3-1-2-6-19/h4-5,7,19H,2,6,8H2,(H,18,20). The number of carbonyl (C=O) groups excluding carboxylic acids is 1. The molecule has 1 aromatic carbocycles. The molecule has 0 aliphatic rings. The van der Waals surface area contributed by atoms with Gasteiger partial charge in [-0.25, -0.2) is 0 Å². The summed E-state index contributed by atoms with van der Waals surface area (Å²) in [5.41, 5.74) is 0.458. The molecule has 0 unspecified atom stereocenters. The van der Waals surface area contributed by atoms with E-state index in [1.165, 1.54) is 18.2 Å². The Morgan fingerprint density at radius 2 is 2.10 bits per heavy atom. The molecule has 0 atom stereocenters. The number of amides is 1. The number of halogens is 4. The van der Waals surface area contributed by atoms with E-state index in [9.17, 15) is 18.0 Å². The second kappa shape index (κ2) is 7.17. The number of aliphatic hydroxyl groups is 1. The van der Waals surface area contributed by atoms with Gasteiger partial charge in [-0.2, -0.15) is 13.2 Å². The Morgan fingerprint density at radius 1 is 1.40 bits per heavy atom. The zero-order valence-electron chi connectivity index (χ0n) is 10.2. The van der Waals surface area contributed by atoms with Gasteiger partial charge in [-0.05, 0) is 18.2 Å². The van der Waals surface area contributed by atoms with Gasteiger partial charge in [0.25, 0.3) is 5.91 Å². The normalized spacial score (nSPS) is 10.7. The highest BCUT2D eigenvalue weighted by atomic mass is 35.5. The second-order valence-electron chi connectivity index (χ2n) is 3.77. The molecule has 0 heterocycles. The maximum absolute atomic E-state index is 12.0. The first-order valence-electron chi connectivity index (χ1n) is 5.57.